The van der Waals surface area contributed by atoms with E-state index in [1.807, 2.05) is 6.92 Å². The highest BCUT2D eigenvalue weighted by molar-refractivity contribution is 7.89. The zero-order valence-corrected chi connectivity index (χ0v) is 13.6. The van der Waals surface area contributed by atoms with E-state index in [0.717, 1.165) is 5.56 Å². The molecule has 0 aliphatic carbocycles. The van der Waals surface area contributed by atoms with Crippen molar-refractivity contribution in [1.82, 2.24) is 4.72 Å². The van der Waals surface area contributed by atoms with Gasteiger partial charge in [0.15, 0.2) is 0 Å². The number of hydrogen-bond acceptors (Lipinski definition) is 4. The van der Waals surface area contributed by atoms with Gasteiger partial charge in [-0.3, -0.25) is 4.21 Å². The number of benzene rings is 1. The van der Waals surface area contributed by atoms with Crippen molar-refractivity contribution in [1.29, 1.82) is 0 Å². The number of sulfonamides is 1. The van der Waals surface area contributed by atoms with Crippen LogP contribution in [0.3, 0.4) is 0 Å². The average Bonchev–Trinajstić information content (AvgIpc) is 2.36. The van der Waals surface area contributed by atoms with Crippen molar-refractivity contribution < 1.29 is 12.6 Å². The number of rotatable bonds is 7. The van der Waals surface area contributed by atoms with Gasteiger partial charge in [-0.1, -0.05) is 12.1 Å². The lowest BCUT2D eigenvalue weighted by molar-refractivity contribution is 0.555. The van der Waals surface area contributed by atoms with Crippen LogP contribution >= 0.6 is 0 Å². The molecule has 1 aromatic carbocycles. The standard InChI is InChI=1S/C13H22N2O3S2/c1-10(8-9-19(3)16)15-20(17,18)13-6-4-12(5-7-13)11(2)14/h4-7,10-11,15H,8-9,14H2,1-3H3. The minimum Gasteiger partial charge on any atom is -0.324 e. The Kier molecular flexibility index (Phi) is 6.32. The van der Waals surface area contributed by atoms with Gasteiger partial charge in [0.1, 0.15) is 0 Å². The van der Waals surface area contributed by atoms with E-state index >= 15 is 0 Å². The highest BCUT2D eigenvalue weighted by Crippen LogP contribution is 2.15. The summed E-state index contributed by atoms with van der Waals surface area (Å²) in [4.78, 5) is 0.214. The maximum Gasteiger partial charge on any atom is 0.240 e. The molecule has 0 aliphatic heterocycles. The number of hydrogen-bond donors (Lipinski definition) is 2. The molecule has 7 heteroatoms. The number of nitrogens with two attached hydrogens (primary N) is 1. The summed E-state index contributed by atoms with van der Waals surface area (Å²) >= 11 is 0. The summed E-state index contributed by atoms with van der Waals surface area (Å²) in [6, 6.07) is 6.14. The topological polar surface area (TPSA) is 89.3 Å². The van der Waals surface area contributed by atoms with Crippen molar-refractivity contribution >= 4 is 20.8 Å². The first-order valence-corrected chi connectivity index (χ1v) is 9.61. The summed E-state index contributed by atoms with van der Waals surface area (Å²) in [5.41, 5.74) is 6.61. The maximum atomic E-state index is 12.2. The Hall–Kier alpha value is -0.760. The minimum atomic E-state index is -3.54. The van der Waals surface area contributed by atoms with E-state index in [1.54, 1.807) is 37.4 Å². The molecule has 0 amide bonds. The second-order valence-electron chi connectivity index (χ2n) is 4.95. The van der Waals surface area contributed by atoms with E-state index in [2.05, 4.69) is 4.72 Å². The van der Waals surface area contributed by atoms with Crippen LogP contribution in [-0.2, 0) is 20.8 Å². The molecular weight excluding hydrogens is 296 g/mol. The zero-order chi connectivity index (χ0) is 15.3. The van der Waals surface area contributed by atoms with Gasteiger partial charge in [0.25, 0.3) is 0 Å². The quantitative estimate of drug-likeness (QED) is 0.789. The van der Waals surface area contributed by atoms with Crippen molar-refractivity contribution in [2.75, 3.05) is 12.0 Å². The van der Waals surface area contributed by atoms with E-state index < -0.39 is 20.8 Å². The zero-order valence-electron chi connectivity index (χ0n) is 12.0. The minimum absolute atomic E-state index is 0.127. The molecule has 114 valence electrons. The molecule has 20 heavy (non-hydrogen) atoms. The fourth-order valence-corrected chi connectivity index (χ4v) is 3.65. The largest absolute Gasteiger partial charge is 0.324 e. The molecule has 3 atom stereocenters. The summed E-state index contributed by atoms with van der Waals surface area (Å²) in [5.74, 6) is 0.479. The molecule has 0 saturated heterocycles. The van der Waals surface area contributed by atoms with Gasteiger partial charge in [-0.25, -0.2) is 13.1 Å². The van der Waals surface area contributed by atoms with Crippen LogP contribution in [0.15, 0.2) is 29.2 Å². The molecule has 0 radical (unpaired) electrons. The van der Waals surface area contributed by atoms with Crippen molar-refractivity contribution in [3.8, 4) is 0 Å². The number of nitrogens with one attached hydrogen (secondary N) is 1. The normalized spacial score (nSPS) is 16.6. The SMILES string of the molecule is CC(CCS(C)=O)NS(=O)(=O)c1ccc(C(C)N)cc1. The van der Waals surface area contributed by atoms with E-state index in [-0.39, 0.29) is 17.0 Å². The molecule has 5 nitrogen and oxygen atoms in total. The van der Waals surface area contributed by atoms with Crippen LogP contribution in [0.4, 0.5) is 0 Å². The fourth-order valence-electron chi connectivity index (χ4n) is 1.69. The van der Waals surface area contributed by atoms with Crippen molar-refractivity contribution in [3.63, 3.8) is 0 Å². The lowest BCUT2D eigenvalue weighted by Crippen LogP contribution is -2.33. The van der Waals surface area contributed by atoms with Crippen LogP contribution in [0.5, 0.6) is 0 Å². The molecule has 1 aromatic rings. The first-order chi connectivity index (χ1) is 9.22. The molecular formula is C13H22N2O3S2. The molecule has 3 N–H and O–H groups in total. The molecule has 0 fully saturated rings. The smallest absolute Gasteiger partial charge is 0.240 e. The Morgan fingerprint density at radius 2 is 1.80 bits per heavy atom. The van der Waals surface area contributed by atoms with E-state index in [0.29, 0.717) is 12.2 Å². The van der Waals surface area contributed by atoms with Crippen LogP contribution in [0, 0.1) is 0 Å². The van der Waals surface area contributed by atoms with Gasteiger partial charge in [-0.05, 0) is 38.0 Å². The van der Waals surface area contributed by atoms with Crippen LogP contribution in [0.2, 0.25) is 0 Å². The fraction of sp³-hybridized carbons (Fsp3) is 0.538. The lowest BCUT2D eigenvalue weighted by atomic mass is 10.1. The van der Waals surface area contributed by atoms with Crippen molar-refractivity contribution in [2.45, 2.75) is 37.2 Å². The Bertz CT molecular complexity index is 553. The molecule has 0 saturated carbocycles. The van der Waals surface area contributed by atoms with Crippen LogP contribution in [-0.4, -0.2) is 30.7 Å². The first-order valence-electron chi connectivity index (χ1n) is 6.40. The molecule has 0 spiro atoms. The third kappa shape index (κ3) is 5.32. The highest BCUT2D eigenvalue weighted by Gasteiger charge is 2.17. The molecule has 1 rings (SSSR count). The Balaban J connectivity index is 2.75. The van der Waals surface area contributed by atoms with Gasteiger partial charge in [-0.15, -0.1) is 0 Å². The Labute approximate surface area is 123 Å². The summed E-state index contributed by atoms with van der Waals surface area (Å²) < 4.78 is 37.9. The van der Waals surface area contributed by atoms with Gasteiger partial charge in [0.2, 0.25) is 10.0 Å². The van der Waals surface area contributed by atoms with Gasteiger partial charge >= 0.3 is 0 Å². The van der Waals surface area contributed by atoms with Gasteiger partial charge in [0, 0.05) is 34.9 Å². The Morgan fingerprint density at radius 1 is 1.25 bits per heavy atom. The maximum absolute atomic E-state index is 12.2. The van der Waals surface area contributed by atoms with Crippen molar-refractivity contribution in [3.05, 3.63) is 29.8 Å². The van der Waals surface area contributed by atoms with E-state index in [9.17, 15) is 12.6 Å². The summed E-state index contributed by atoms with van der Waals surface area (Å²) in [6.45, 7) is 3.61. The molecule has 0 heterocycles. The average molecular weight is 318 g/mol. The van der Waals surface area contributed by atoms with Crippen LogP contribution in [0.25, 0.3) is 0 Å². The monoisotopic (exact) mass is 318 g/mol. The van der Waals surface area contributed by atoms with Gasteiger partial charge in [-0.2, -0.15) is 0 Å². The third-order valence-corrected chi connectivity index (χ3v) is 5.33. The van der Waals surface area contributed by atoms with E-state index in [4.69, 9.17) is 5.73 Å². The lowest BCUT2D eigenvalue weighted by Gasteiger charge is -2.14. The molecule has 0 aliphatic rings. The van der Waals surface area contributed by atoms with Crippen molar-refractivity contribution in [2.24, 2.45) is 5.73 Å². The molecule has 3 unspecified atom stereocenters. The van der Waals surface area contributed by atoms with Gasteiger partial charge in [0.05, 0.1) is 4.90 Å². The third-order valence-electron chi connectivity index (χ3n) is 2.91. The second kappa shape index (κ2) is 7.31. The van der Waals surface area contributed by atoms with E-state index in [1.165, 1.54) is 0 Å². The molecule has 0 aromatic heterocycles. The summed E-state index contributed by atoms with van der Waals surface area (Å²) in [5, 5.41) is 0. The molecule has 0 bridgehead atoms. The Morgan fingerprint density at radius 3 is 2.25 bits per heavy atom. The second-order valence-corrected chi connectivity index (χ2v) is 8.21. The first kappa shape index (κ1) is 17.3. The predicted molar refractivity (Wildman–Crippen MR) is 82.4 cm³/mol. The van der Waals surface area contributed by atoms with Crippen LogP contribution < -0.4 is 10.5 Å². The summed E-state index contributed by atoms with van der Waals surface area (Å²) in [6.07, 6.45) is 2.15. The highest BCUT2D eigenvalue weighted by atomic mass is 32.2. The van der Waals surface area contributed by atoms with Crippen LogP contribution in [0.1, 0.15) is 31.9 Å². The van der Waals surface area contributed by atoms with Gasteiger partial charge < -0.3 is 5.73 Å². The summed E-state index contributed by atoms with van der Waals surface area (Å²) in [7, 11) is -4.46. The predicted octanol–water partition coefficient (Wildman–Crippen LogP) is 1.14.